The van der Waals surface area contributed by atoms with Gasteiger partial charge in [0.2, 0.25) is 0 Å². The lowest BCUT2D eigenvalue weighted by atomic mass is 10.1. The number of benzene rings is 1. The lowest BCUT2D eigenvalue weighted by Gasteiger charge is -2.25. The van der Waals surface area contributed by atoms with E-state index < -0.39 is 0 Å². The summed E-state index contributed by atoms with van der Waals surface area (Å²) >= 11 is 0. The molecular weight excluding hydrogens is 507 g/mol. The molecule has 0 saturated carbocycles. The van der Waals surface area contributed by atoms with Crippen molar-refractivity contribution in [2.75, 3.05) is 26.8 Å². The van der Waals surface area contributed by atoms with Gasteiger partial charge in [0.1, 0.15) is 12.4 Å². The maximum atomic E-state index is 5.85. The van der Waals surface area contributed by atoms with Gasteiger partial charge in [-0.25, -0.2) is 9.67 Å². The maximum Gasteiger partial charge on any atom is 0.191 e. The van der Waals surface area contributed by atoms with Crippen molar-refractivity contribution in [1.82, 2.24) is 25.4 Å². The predicted molar refractivity (Wildman–Crippen MR) is 133 cm³/mol. The summed E-state index contributed by atoms with van der Waals surface area (Å²) < 4.78 is 13.0. The minimum atomic E-state index is 0. The molecule has 2 N–H and O–H groups in total. The first kappa shape index (κ1) is 25.5. The second kappa shape index (κ2) is 13.6. The third-order valence-electron chi connectivity index (χ3n) is 4.94. The molecule has 8 nitrogen and oxygen atoms in total. The van der Waals surface area contributed by atoms with Gasteiger partial charge in [0.05, 0.1) is 19.8 Å². The summed E-state index contributed by atoms with van der Waals surface area (Å²) in [4.78, 5) is 9.31. The molecule has 3 rings (SSSR count). The number of ether oxygens (including phenoxy) is 2. The fraction of sp³-hybridized carbons (Fsp3) is 0.591. The van der Waals surface area contributed by atoms with E-state index in [0.29, 0.717) is 32.3 Å². The SMILES string of the molecule is CCNC(=NCC(C)COCc1ccccc1)NC1CCc2nc(COC)nn2C1.I. The minimum absolute atomic E-state index is 0. The van der Waals surface area contributed by atoms with Crippen LogP contribution in [-0.2, 0) is 35.7 Å². The molecule has 0 fully saturated rings. The van der Waals surface area contributed by atoms with E-state index >= 15 is 0 Å². The van der Waals surface area contributed by atoms with Gasteiger partial charge < -0.3 is 20.1 Å². The van der Waals surface area contributed by atoms with Crippen LogP contribution in [0.4, 0.5) is 0 Å². The number of hydrogen-bond donors (Lipinski definition) is 2. The Kier molecular flexibility index (Phi) is 11.2. The Balaban J connectivity index is 0.00000341. The van der Waals surface area contributed by atoms with Gasteiger partial charge in [-0.15, -0.1) is 24.0 Å². The molecule has 0 amide bonds. The van der Waals surface area contributed by atoms with Crippen molar-refractivity contribution in [3.63, 3.8) is 0 Å². The molecule has 1 aromatic carbocycles. The van der Waals surface area contributed by atoms with Crippen LogP contribution in [0.3, 0.4) is 0 Å². The number of guanidine groups is 1. The van der Waals surface area contributed by atoms with E-state index in [1.165, 1.54) is 5.56 Å². The third kappa shape index (κ3) is 8.38. The average Bonchev–Trinajstić information content (AvgIpc) is 3.15. The number of aryl methyl sites for hydroxylation is 1. The normalized spacial score (nSPS) is 16.9. The number of aromatic nitrogens is 3. The zero-order valence-corrected chi connectivity index (χ0v) is 21.0. The van der Waals surface area contributed by atoms with Gasteiger partial charge >= 0.3 is 0 Å². The van der Waals surface area contributed by atoms with Gasteiger partial charge in [-0.3, -0.25) is 4.99 Å². The number of fused-ring (bicyclic) bond motifs is 1. The van der Waals surface area contributed by atoms with E-state index in [2.05, 4.69) is 46.7 Å². The number of nitrogens with one attached hydrogen (secondary N) is 2. The molecule has 0 radical (unpaired) electrons. The van der Waals surface area contributed by atoms with E-state index in [-0.39, 0.29) is 30.0 Å². The van der Waals surface area contributed by atoms with Gasteiger partial charge in [-0.2, -0.15) is 5.10 Å². The van der Waals surface area contributed by atoms with Crippen LogP contribution in [0.15, 0.2) is 35.3 Å². The number of rotatable bonds is 10. The van der Waals surface area contributed by atoms with Crippen LogP contribution < -0.4 is 10.6 Å². The first-order valence-corrected chi connectivity index (χ1v) is 10.8. The summed E-state index contributed by atoms with van der Waals surface area (Å²) in [5.74, 6) is 2.97. The van der Waals surface area contributed by atoms with Crippen molar-refractivity contribution < 1.29 is 9.47 Å². The van der Waals surface area contributed by atoms with E-state index in [1.54, 1.807) is 7.11 Å². The molecule has 2 atom stereocenters. The molecule has 0 spiro atoms. The van der Waals surface area contributed by atoms with E-state index in [4.69, 9.17) is 14.5 Å². The Labute approximate surface area is 202 Å². The maximum absolute atomic E-state index is 5.85. The monoisotopic (exact) mass is 542 g/mol. The molecule has 0 aliphatic carbocycles. The van der Waals surface area contributed by atoms with E-state index in [0.717, 1.165) is 43.5 Å². The molecule has 172 valence electrons. The molecule has 1 aliphatic rings. The molecule has 9 heteroatoms. The molecule has 0 bridgehead atoms. The first-order chi connectivity index (χ1) is 14.7. The summed E-state index contributed by atoms with van der Waals surface area (Å²) in [6.45, 7) is 8.34. The van der Waals surface area contributed by atoms with Crippen molar-refractivity contribution in [3.8, 4) is 0 Å². The van der Waals surface area contributed by atoms with Crippen molar-refractivity contribution in [3.05, 3.63) is 47.5 Å². The van der Waals surface area contributed by atoms with Gasteiger partial charge in [0, 0.05) is 32.7 Å². The zero-order valence-electron chi connectivity index (χ0n) is 18.7. The highest BCUT2D eigenvalue weighted by atomic mass is 127. The van der Waals surface area contributed by atoms with Crippen LogP contribution in [-0.4, -0.2) is 53.6 Å². The molecule has 2 aromatic rings. The Hall–Kier alpha value is -1.72. The van der Waals surface area contributed by atoms with Crippen LogP contribution >= 0.6 is 24.0 Å². The molecule has 1 aromatic heterocycles. The summed E-state index contributed by atoms with van der Waals surface area (Å²) in [7, 11) is 1.66. The van der Waals surface area contributed by atoms with Gasteiger partial charge in [-0.1, -0.05) is 37.3 Å². The van der Waals surface area contributed by atoms with Gasteiger partial charge in [0.25, 0.3) is 0 Å². The molecular formula is C22H35IN6O2. The van der Waals surface area contributed by atoms with Crippen molar-refractivity contribution in [1.29, 1.82) is 0 Å². The Bertz CT molecular complexity index is 799. The Morgan fingerprint density at radius 2 is 2.10 bits per heavy atom. The van der Waals surface area contributed by atoms with E-state index in [9.17, 15) is 0 Å². The fourth-order valence-corrected chi connectivity index (χ4v) is 3.43. The molecule has 2 heterocycles. The molecule has 1 aliphatic heterocycles. The summed E-state index contributed by atoms with van der Waals surface area (Å²) in [6, 6.07) is 10.5. The molecule has 0 saturated heterocycles. The topological polar surface area (TPSA) is 85.6 Å². The second-order valence-electron chi connectivity index (χ2n) is 7.76. The van der Waals surface area contributed by atoms with Crippen molar-refractivity contribution in [2.45, 2.75) is 52.5 Å². The smallest absolute Gasteiger partial charge is 0.191 e. The standard InChI is InChI=1S/C22H34N6O2.HI/c1-4-23-22(24-12-17(2)14-30-15-18-8-6-5-7-9-18)25-19-10-11-21-26-20(16-29-3)27-28(21)13-19;/h5-9,17,19H,4,10-16H2,1-3H3,(H2,23,24,25);1H. The van der Waals surface area contributed by atoms with Crippen LogP contribution in [0.25, 0.3) is 0 Å². The average molecular weight is 542 g/mol. The lowest BCUT2D eigenvalue weighted by molar-refractivity contribution is 0.0945. The highest BCUT2D eigenvalue weighted by Gasteiger charge is 2.22. The van der Waals surface area contributed by atoms with E-state index in [1.807, 2.05) is 22.9 Å². The van der Waals surface area contributed by atoms with Crippen LogP contribution in [0.1, 0.15) is 37.5 Å². The summed E-state index contributed by atoms with van der Waals surface area (Å²) in [5, 5.41) is 11.4. The largest absolute Gasteiger partial charge is 0.377 e. The van der Waals surface area contributed by atoms with Gasteiger partial charge in [0.15, 0.2) is 11.8 Å². The predicted octanol–water partition coefficient (Wildman–Crippen LogP) is 2.77. The van der Waals surface area contributed by atoms with Crippen LogP contribution in [0.5, 0.6) is 0 Å². The fourth-order valence-electron chi connectivity index (χ4n) is 3.43. The number of methoxy groups -OCH3 is 1. The van der Waals surface area contributed by atoms with Crippen molar-refractivity contribution in [2.24, 2.45) is 10.9 Å². The molecule has 2 unspecified atom stereocenters. The summed E-state index contributed by atoms with van der Waals surface area (Å²) in [5.41, 5.74) is 1.20. The first-order valence-electron chi connectivity index (χ1n) is 10.8. The number of nitrogens with zero attached hydrogens (tertiary/aromatic N) is 4. The summed E-state index contributed by atoms with van der Waals surface area (Å²) in [6.07, 6.45) is 1.91. The van der Waals surface area contributed by atoms with Crippen molar-refractivity contribution >= 4 is 29.9 Å². The second-order valence-corrected chi connectivity index (χ2v) is 7.76. The zero-order chi connectivity index (χ0) is 21.2. The quantitative estimate of drug-likeness (QED) is 0.273. The Morgan fingerprint density at radius 1 is 1.29 bits per heavy atom. The number of hydrogen-bond acceptors (Lipinski definition) is 5. The van der Waals surface area contributed by atoms with Gasteiger partial charge in [-0.05, 0) is 24.8 Å². The lowest BCUT2D eigenvalue weighted by Crippen LogP contribution is -2.47. The molecule has 31 heavy (non-hydrogen) atoms. The highest BCUT2D eigenvalue weighted by Crippen LogP contribution is 2.13. The van der Waals surface area contributed by atoms with Crippen LogP contribution in [0.2, 0.25) is 0 Å². The number of aliphatic imine (C=N–C) groups is 1. The third-order valence-corrected chi connectivity index (χ3v) is 4.94. The minimum Gasteiger partial charge on any atom is -0.377 e. The Morgan fingerprint density at radius 3 is 2.84 bits per heavy atom. The number of halogens is 1. The highest BCUT2D eigenvalue weighted by molar-refractivity contribution is 14.0. The van der Waals surface area contributed by atoms with Crippen LogP contribution in [0, 0.1) is 5.92 Å².